The number of carbonyl (C=O) groups excluding carboxylic acids is 1. The average Bonchev–Trinajstić information content (AvgIpc) is 2.38. The third-order valence-electron chi connectivity index (χ3n) is 2.71. The van der Waals surface area contributed by atoms with E-state index in [0.29, 0.717) is 16.8 Å². The van der Waals surface area contributed by atoms with E-state index in [1.807, 2.05) is 0 Å². The molecule has 0 aliphatic rings. The first kappa shape index (κ1) is 13.7. The number of carboxylic acids is 1. The molecule has 0 aromatic heterocycles. The summed E-state index contributed by atoms with van der Waals surface area (Å²) in [4.78, 5) is 21.9. The summed E-state index contributed by atoms with van der Waals surface area (Å²) >= 11 is 0. The van der Waals surface area contributed by atoms with Gasteiger partial charge in [-0.15, -0.1) is 0 Å². The number of anilines is 1. The molecule has 0 saturated heterocycles. The minimum atomic E-state index is -1.32. The second-order valence-corrected chi connectivity index (χ2v) is 4.26. The minimum absolute atomic E-state index is 0.201. The zero-order valence-corrected chi connectivity index (χ0v) is 10.7. The molecule has 0 heterocycles. The Balaban J connectivity index is 2.43. The summed E-state index contributed by atoms with van der Waals surface area (Å²) in [5, 5.41) is 11.5. The van der Waals surface area contributed by atoms with Crippen LogP contribution in [-0.4, -0.2) is 17.0 Å². The van der Waals surface area contributed by atoms with Gasteiger partial charge < -0.3 is 10.4 Å². The molecular formula is C15H12FNO3. The van der Waals surface area contributed by atoms with Crippen LogP contribution in [0.3, 0.4) is 0 Å². The van der Waals surface area contributed by atoms with Crippen LogP contribution in [0.1, 0.15) is 17.3 Å². The van der Waals surface area contributed by atoms with Gasteiger partial charge in [0.1, 0.15) is 5.82 Å². The minimum Gasteiger partial charge on any atom is -0.478 e. The fourth-order valence-corrected chi connectivity index (χ4v) is 1.85. The van der Waals surface area contributed by atoms with Crippen LogP contribution >= 0.6 is 0 Å². The van der Waals surface area contributed by atoms with Gasteiger partial charge in [-0.1, -0.05) is 18.2 Å². The van der Waals surface area contributed by atoms with Gasteiger partial charge in [0.2, 0.25) is 5.91 Å². The van der Waals surface area contributed by atoms with Crippen molar-refractivity contribution >= 4 is 17.6 Å². The van der Waals surface area contributed by atoms with Crippen molar-refractivity contribution in [1.29, 1.82) is 0 Å². The molecule has 0 spiro atoms. The molecule has 5 heteroatoms. The maximum absolute atomic E-state index is 13.3. The van der Waals surface area contributed by atoms with E-state index in [-0.39, 0.29) is 11.5 Å². The number of halogens is 1. The fraction of sp³-hybridized carbons (Fsp3) is 0.0667. The Morgan fingerprint density at radius 3 is 2.45 bits per heavy atom. The highest BCUT2D eigenvalue weighted by atomic mass is 19.1. The molecule has 4 nitrogen and oxygen atoms in total. The van der Waals surface area contributed by atoms with E-state index in [9.17, 15) is 14.0 Å². The van der Waals surface area contributed by atoms with E-state index in [4.69, 9.17) is 5.11 Å². The topological polar surface area (TPSA) is 66.4 Å². The molecule has 0 radical (unpaired) electrons. The molecule has 102 valence electrons. The van der Waals surface area contributed by atoms with Crippen LogP contribution in [0.5, 0.6) is 0 Å². The van der Waals surface area contributed by atoms with Crippen molar-refractivity contribution in [1.82, 2.24) is 0 Å². The molecule has 0 aliphatic heterocycles. The highest BCUT2D eigenvalue weighted by Gasteiger charge is 2.11. The Bertz CT molecular complexity index is 683. The van der Waals surface area contributed by atoms with Crippen molar-refractivity contribution in [2.24, 2.45) is 0 Å². The van der Waals surface area contributed by atoms with E-state index >= 15 is 0 Å². The molecule has 20 heavy (non-hydrogen) atoms. The quantitative estimate of drug-likeness (QED) is 0.902. The molecule has 0 saturated carbocycles. The highest BCUT2D eigenvalue weighted by Crippen LogP contribution is 2.24. The maximum atomic E-state index is 13.3. The summed E-state index contributed by atoms with van der Waals surface area (Å²) in [6.45, 7) is 1.40. The van der Waals surface area contributed by atoms with Gasteiger partial charge in [-0.05, 0) is 35.4 Å². The van der Waals surface area contributed by atoms with Gasteiger partial charge in [0.05, 0.1) is 5.56 Å². The second kappa shape index (κ2) is 5.52. The van der Waals surface area contributed by atoms with Gasteiger partial charge in [0.25, 0.3) is 0 Å². The molecule has 0 fully saturated rings. The zero-order valence-electron chi connectivity index (χ0n) is 10.7. The molecule has 2 rings (SSSR count). The molecular weight excluding hydrogens is 261 g/mol. The predicted octanol–water partition coefficient (Wildman–Crippen LogP) is 3.15. The molecule has 2 aromatic rings. The van der Waals surface area contributed by atoms with Crippen LogP contribution in [-0.2, 0) is 4.79 Å². The lowest BCUT2D eigenvalue weighted by molar-refractivity contribution is -0.114. The Labute approximate surface area is 114 Å². The van der Waals surface area contributed by atoms with E-state index in [1.165, 1.54) is 19.1 Å². The van der Waals surface area contributed by atoms with E-state index in [1.54, 1.807) is 24.3 Å². The van der Waals surface area contributed by atoms with Crippen LogP contribution in [0.25, 0.3) is 11.1 Å². The number of carboxylic acid groups (broad SMARTS) is 1. The van der Waals surface area contributed by atoms with Gasteiger partial charge in [0, 0.05) is 12.6 Å². The highest BCUT2D eigenvalue weighted by molar-refractivity contribution is 5.91. The summed E-state index contributed by atoms with van der Waals surface area (Å²) in [6.07, 6.45) is 0. The zero-order chi connectivity index (χ0) is 14.7. The lowest BCUT2D eigenvalue weighted by Crippen LogP contribution is -2.05. The van der Waals surface area contributed by atoms with E-state index in [0.717, 1.165) is 6.07 Å². The van der Waals surface area contributed by atoms with Crippen molar-refractivity contribution in [2.45, 2.75) is 6.92 Å². The Kier molecular flexibility index (Phi) is 3.79. The molecule has 2 aromatic carbocycles. The number of aromatic carboxylic acids is 1. The molecule has 0 aliphatic carbocycles. The largest absolute Gasteiger partial charge is 0.478 e. The van der Waals surface area contributed by atoms with Gasteiger partial charge >= 0.3 is 5.97 Å². The smallest absolute Gasteiger partial charge is 0.338 e. The number of benzene rings is 2. The Hall–Kier alpha value is -2.69. The number of carbonyl (C=O) groups is 2. The monoisotopic (exact) mass is 273 g/mol. The van der Waals surface area contributed by atoms with Crippen LogP contribution in [0.2, 0.25) is 0 Å². The van der Waals surface area contributed by atoms with Crippen LogP contribution in [0, 0.1) is 5.82 Å². The van der Waals surface area contributed by atoms with Crippen LogP contribution in [0.15, 0.2) is 42.5 Å². The van der Waals surface area contributed by atoms with E-state index in [2.05, 4.69) is 5.32 Å². The predicted molar refractivity (Wildman–Crippen MR) is 73.1 cm³/mol. The normalized spacial score (nSPS) is 10.1. The number of hydrogen-bond acceptors (Lipinski definition) is 2. The molecule has 0 unspecified atom stereocenters. The first-order valence-electron chi connectivity index (χ1n) is 5.88. The summed E-state index contributed by atoms with van der Waals surface area (Å²) < 4.78 is 13.3. The molecule has 1 amide bonds. The standard InChI is InChI=1S/C15H12FNO3/c1-9(18)17-12-4-2-3-10(7-12)11-5-6-14(16)13(8-11)15(19)20/h2-8H,1H3,(H,17,18)(H,19,20). The van der Waals surface area contributed by atoms with Crippen molar-refractivity contribution in [2.75, 3.05) is 5.32 Å². The Morgan fingerprint density at radius 2 is 1.80 bits per heavy atom. The SMILES string of the molecule is CC(=O)Nc1cccc(-c2ccc(F)c(C(=O)O)c2)c1. The maximum Gasteiger partial charge on any atom is 0.338 e. The summed E-state index contributed by atoms with van der Waals surface area (Å²) in [5.74, 6) is -2.30. The summed E-state index contributed by atoms with van der Waals surface area (Å²) in [5.41, 5.74) is 1.47. The first-order chi connectivity index (χ1) is 9.47. The number of nitrogens with one attached hydrogen (secondary N) is 1. The molecule has 2 N–H and O–H groups in total. The van der Waals surface area contributed by atoms with Crippen LogP contribution in [0.4, 0.5) is 10.1 Å². The van der Waals surface area contributed by atoms with Crippen molar-refractivity contribution < 1.29 is 19.1 Å². The van der Waals surface area contributed by atoms with Crippen molar-refractivity contribution in [3.8, 4) is 11.1 Å². The van der Waals surface area contributed by atoms with Gasteiger partial charge in [-0.25, -0.2) is 9.18 Å². The third kappa shape index (κ3) is 3.00. The summed E-state index contributed by atoms with van der Waals surface area (Å²) in [7, 11) is 0. The fourth-order valence-electron chi connectivity index (χ4n) is 1.85. The Morgan fingerprint density at radius 1 is 1.10 bits per heavy atom. The lowest BCUT2D eigenvalue weighted by atomic mass is 10.0. The molecule has 0 bridgehead atoms. The van der Waals surface area contributed by atoms with Gasteiger partial charge in [-0.2, -0.15) is 0 Å². The summed E-state index contributed by atoms with van der Waals surface area (Å²) in [6, 6.07) is 10.8. The number of hydrogen-bond donors (Lipinski definition) is 2. The number of amides is 1. The van der Waals surface area contributed by atoms with Crippen molar-refractivity contribution in [3.05, 3.63) is 53.8 Å². The van der Waals surface area contributed by atoms with Crippen LogP contribution < -0.4 is 5.32 Å². The second-order valence-electron chi connectivity index (χ2n) is 4.26. The van der Waals surface area contributed by atoms with E-state index < -0.39 is 11.8 Å². The number of rotatable bonds is 3. The average molecular weight is 273 g/mol. The molecule has 0 atom stereocenters. The lowest BCUT2D eigenvalue weighted by Gasteiger charge is -2.07. The first-order valence-corrected chi connectivity index (χ1v) is 5.88. The van der Waals surface area contributed by atoms with Gasteiger partial charge in [-0.3, -0.25) is 4.79 Å². The third-order valence-corrected chi connectivity index (χ3v) is 2.71. The van der Waals surface area contributed by atoms with Crippen molar-refractivity contribution in [3.63, 3.8) is 0 Å². The van der Waals surface area contributed by atoms with Gasteiger partial charge in [0.15, 0.2) is 0 Å².